The Kier molecular flexibility index (Phi) is 3.09. The number of aromatic nitrogens is 4. The maximum absolute atomic E-state index is 8.79. The van der Waals surface area contributed by atoms with Crippen molar-refractivity contribution in [3.63, 3.8) is 0 Å². The molecule has 2 aromatic rings. The normalized spacial score (nSPS) is 9.69. The minimum absolute atomic E-state index is 0.313. The van der Waals surface area contributed by atoms with Gasteiger partial charge in [0.25, 0.3) is 0 Å². The van der Waals surface area contributed by atoms with Gasteiger partial charge in [-0.1, -0.05) is 0 Å². The van der Waals surface area contributed by atoms with Crippen LogP contribution in [0.2, 0.25) is 0 Å². The van der Waals surface area contributed by atoms with E-state index in [0.717, 1.165) is 6.54 Å². The van der Waals surface area contributed by atoms with E-state index in [9.17, 15) is 0 Å². The molecule has 0 aliphatic heterocycles. The van der Waals surface area contributed by atoms with Gasteiger partial charge in [-0.15, -0.1) is 0 Å². The number of hydrogen-bond donors (Lipinski definition) is 1. The molecule has 0 saturated heterocycles. The van der Waals surface area contributed by atoms with Crippen molar-refractivity contribution in [2.45, 2.75) is 6.54 Å². The van der Waals surface area contributed by atoms with Gasteiger partial charge in [-0.05, 0) is 0 Å². The molecule has 0 bridgehead atoms. The van der Waals surface area contributed by atoms with E-state index in [-0.39, 0.29) is 0 Å². The minimum atomic E-state index is 0.313. The molecule has 0 aromatic carbocycles. The fourth-order valence-electron chi connectivity index (χ4n) is 1.27. The number of hydrogen-bond acceptors (Lipinski definition) is 5. The van der Waals surface area contributed by atoms with E-state index in [4.69, 9.17) is 5.26 Å². The highest BCUT2D eigenvalue weighted by atomic mass is 15.1. The molecule has 80 valence electrons. The summed E-state index contributed by atoms with van der Waals surface area (Å²) in [5.41, 5.74) is 0.313. The molecular formula is C10H10N6. The molecule has 1 N–H and O–H groups in total. The number of nitriles is 1. The zero-order valence-corrected chi connectivity index (χ0v) is 8.54. The Morgan fingerprint density at radius 1 is 1.31 bits per heavy atom. The van der Waals surface area contributed by atoms with Crippen LogP contribution in [0.4, 0.5) is 5.82 Å². The largest absolute Gasteiger partial charge is 0.366 e. The third-order valence-corrected chi connectivity index (χ3v) is 2.03. The van der Waals surface area contributed by atoms with E-state index >= 15 is 0 Å². The fourth-order valence-corrected chi connectivity index (χ4v) is 1.27. The first-order valence-corrected chi connectivity index (χ1v) is 4.81. The van der Waals surface area contributed by atoms with Crippen LogP contribution in [-0.2, 0) is 6.54 Å². The molecule has 0 radical (unpaired) electrons. The second-order valence-electron chi connectivity index (χ2n) is 3.09. The molecule has 2 aromatic heterocycles. The van der Waals surface area contributed by atoms with Crippen LogP contribution in [0.3, 0.4) is 0 Å². The summed E-state index contributed by atoms with van der Waals surface area (Å²) in [7, 11) is 0. The standard InChI is InChI=1S/C10H10N6/c11-7-9-10(14-2-1-13-9)15-4-6-16-5-3-12-8-16/h1-3,5,8H,4,6H2,(H,14,15). The topological polar surface area (TPSA) is 79.4 Å². The van der Waals surface area contributed by atoms with E-state index < -0.39 is 0 Å². The van der Waals surface area contributed by atoms with Gasteiger partial charge < -0.3 is 9.88 Å². The van der Waals surface area contributed by atoms with Crippen LogP contribution in [0.25, 0.3) is 0 Å². The molecule has 6 heteroatoms. The molecule has 0 aliphatic carbocycles. The van der Waals surface area contributed by atoms with Crippen LogP contribution in [0.15, 0.2) is 31.1 Å². The van der Waals surface area contributed by atoms with Gasteiger partial charge in [0, 0.05) is 37.9 Å². The molecule has 6 nitrogen and oxygen atoms in total. The third-order valence-electron chi connectivity index (χ3n) is 2.03. The molecular weight excluding hydrogens is 204 g/mol. The molecule has 2 heterocycles. The van der Waals surface area contributed by atoms with Crippen molar-refractivity contribution in [1.82, 2.24) is 19.5 Å². The van der Waals surface area contributed by atoms with Crippen LogP contribution >= 0.6 is 0 Å². The predicted molar refractivity (Wildman–Crippen MR) is 57.5 cm³/mol. The van der Waals surface area contributed by atoms with Gasteiger partial charge in [0.2, 0.25) is 0 Å². The smallest absolute Gasteiger partial charge is 0.182 e. The lowest BCUT2D eigenvalue weighted by atomic mass is 10.4. The van der Waals surface area contributed by atoms with Crippen molar-refractivity contribution in [2.24, 2.45) is 0 Å². The second-order valence-corrected chi connectivity index (χ2v) is 3.09. The molecule has 0 amide bonds. The maximum atomic E-state index is 8.79. The molecule has 16 heavy (non-hydrogen) atoms. The number of rotatable bonds is 4. The molecule has 0 saturated carbocycles. The molecule has 0 fully saturated rings. The van der Waals surface area contributed by atoms with Crippen molar-refractivity contribution < 1.29 is 0 Å². The number of nitrogens with zero attached hydrogens (tertiary/aromatic N) is 5. The Morgan fingerprint density at radius 2 is 2.19 bits per heavy atom. The van der Waals surface area contributed by atoms with Crippen molar-refractivity contribution in [3.05, 3.63) is 36.8 Å². The number of imidazole rings is 1. The summed E-state index contributed by atoms with van der Waals surface area (Å²) in [6.45, 7) is 1.44. The van der Waals surface area contributed by atoms with Gasteiger partial charge in [0.05, 0.1) is 6.33 Å². The molecule has 0 unspecified atom stereocenters. The Balaban J connectivity index is 1.93. The second kappa shape index (κ2) is 4.89. The maximum Gasteiger partial charge on any atom is 0.182 e. The summed E-state index contributed by atoms with van der Waals surface area (Å²) < 4.78 is 1.94. The zero-order chi connectivity index (χ0) is 11.2. The monoisotopic (exact) mass is 214 g/mol. The van der Waals surface area contributed by atoms with Gasteiger partial charge in [-0.25, -0.2) is 15.0 Å². The van der Waals surface area contributed by atoms with Crippen LogP contribution in [0, 0.1) is 11.3 Å². The Morgan fingerprint density at radius 3 is 2.94 bits per heavy atom. The summed E-state index contributed by atoms with van der Waals surface area (Å²) in [5.74, 6) is 0.519. The van der Waals surface area contributed by atoms with E-state index in [2.05, 4.69) is 20.3 Å². The molecule has 0 spiro atoms. The Hall–Kier alpha value is -2.42. The molecule has 0 atom stereocenters. The first-order chi connectivity index (χ1) is 7.90. The lowest BCUT2D eigenvalue weighted by Gasteiger charge is -2.06. The fraction of sp³-hybridized carbons (Fsp3) is 0.200. The van der Waals surface area contributed by atoms with Crippen molar-refractivity contribution in [1.29, 1.82) is 5.26 Å². The lowest BCUT2D eigenvalue weighted by molar-refractivity contribution is 0.725. The van der Waals surface area contributed by atoms with Gasteiger partial charge in [-0.2, -0.15) is 5.26 Å². The SMILES string of the molecule is N#Cc1nccnc1NCCn1ccnc1. The summed E-state index contributed by atoms with van der Waals surface area (Å²) in [5, 5.41) is 11.9. The summed E-state index contributed by atoms with van der Waals surface area (Å²) in [6, 6.07) is 1.98. The van der Waals surface area contributed by atoms with E-state index in [1.807, 2.05) is 16.8 Å². The van der Waals surface area contributed by atoms with E-state index in [1.165, 1.54) is 6.20 Å². The lowest BCUT2D eigenvalue weighted by Crippen LogP contribution is -2.11. The molecule has 2 rings (SSSR count). The van der Waals surface area contributed by atoms with E-state index in [1.54, 1.807) is 18.7 Å². The predicted octanol–water partition coefficient (Wildman–Crippen LogP) is 0.657. The Labute approximate surface area is 92.6 Å². The zero-order valence-electron chi connectivity index (χ0n) is 8.54. The van der Waals surface area contributed by atoms with Gasteiger partial charge >= 0.3 is 0 Å². The summed E-state index contributed by atoms with van der Waals surface area (Å²) in [6.07, 6.45) is 8.40. The Bertz CT molecular complexity index is 484. The van der Waals surface area contributed by atoms with E-state index in [0.29, 0.717) is 18.1 Å². The van der Waals surface area contributed by atoms with Crippen molar-refractivity contribution >= 4 is 5.82 Å². The van der Waals surface area contributed by atoms with Gasteiger partial charge in [-0.3, -0.25) is 0 Å². The van der Waals surface area contributed by atoms with Gasteiger partial charge in [0.1, 0.15) is 6.07 Å². The minimum Gasteiger partial charge on any atom is -0.366 e. The summed E-state index contributed by atoms with van der Waals surface area (Å²) >= 11 is 0. The van der Waals surface area contributed by atoms with Crippen LogP contribution in [0.5, 0.6) is 0 Å². The van der Waals surface area contributed by atoms with Crippen LogP contribution < -0.4 is 5.32 Å². The highest BCUT2D eigenvalue weighted by Gasteiger charge is 2.02. The first-order valence-electron chi connectivity index (χ1n) is 4.81. The van der Waals surface area contributed by atoms with Gasteiger partial charge in [0.15, 0.2) is 11.5 Å². The quantitative estimate of drug-likeness (QED) is 0.808. The third kappa shape index (κ3) is 2.33. The highest BCUT2D eigenvalue weighted by molar-refractivity contribution is 5.46. The number of anilines is 1. The average molecular weight is 214 g/mol. The van der Waals surface area contributed by atoms with Crippen molar-refractivity contribution in [2.75, 3.05) is 11.9 Å². The highest BCUT2D eigenvalue weighted by Crippen LogP contribution is 2.05. The van der Waals surface area contributed by atoms with Crippen LogP contribution in [-0.4, -0.2) is 26.1 Å². The summed E-state index contributed by atoms with van der Waals surface area (Å²) in [4.78, 5) is 11.9. The first kappa shape index (κ1) is 10.1. The van der Waals surface area contributed by atoms with Crippen molar-refractivity contribution in [3.8, 4) is 6.07 Å². The number of nitrogens with one attached hydrogen (secondary N) is 1. The average Bonchev–Trinajstić information content (AvgIpc) is 2.83. The van der Waals surface area contributed by atoms with Crippen LogP contribution in [0.1, 0.15) is 5.69 Å². The molecule has 0 aliphatic rings.